The zero-order chi connectivity index (χ0) is 18.8. The fourth-order valence-corrected chi connectivity index (χ4v) is 3.48. The highest BCUT2D eigenvalue weighted by Crippen LogP contribution is 2.21. The number of hydrogen-bond donors (Lipinski definition) is 1. The number of piperazine rings is 1. The second-order valence-corrected chi connectivity index (χ2v) is 6.41. The molecule has 9 nitrogen and oxygen atoms in total. The summed E-state index contributed by atoms with van der Waals surface area (Å²) < 4.78 is 8.72. The summed E-state index contributed by atoms with van der Waals surface area (Å²) in [6, 6.07) is 3.70. The fourth-order valence-electron chi connectivity index (χ4n) is 3.48. The average Bonchev–Trinajstić information content (AvgIpc) is 3.10. The lowest BCUT2D eigenvalue weighted by molar-refractivity contribution is 0.389. The smallest absolute Gasteiger partial charge is 0.293 e. The molecule has 0 saturated carbocycles. The first-order chi connectivity index (χ1) is 13.2. The summed E-state index contributed by atoms with van der Waals surface area (Å²) in [6.45, 7) is 6.57. The highest BCUT2D eigenvalue weighted by Gasteiger charge is 2.21. The molecule has 9 heteroatoms. The Morgan fingerprint density at radius 1 is 1.30 bits per heavy atom. The molecular formula is C18H23N7O2. The molecule has 0 bridgehead atoms. The van der Waals surface area contributed by atoms with E-state index in [-0.39, 0.29) is 5.56 Å². The fraction of sp³-hybridized carbons (Fsp3) is 0.444. The van der Waals surface area contributed by atoms with E-state index in [1.54, 1.807) is 19.5 Å². The first-order valence-corrected chi connectivity index (χ1v) is 9.12. The van der Waals surface area contributed by atoms with Crippen molar-refractivity contribution in [2.45, 2.75) is 20.0 Å². The van der Waals surface area contributed by atoms with Gasteiger partial charge in [0.05, 0.1) is 19.9 Å². The van der Waals surface area contributed by atoms with E-state index in [1.807, 2.05) is 23.6 Å². The minimum Gasteiger partial charge on any atom is -0.481 e. The molecule has 4 rings (SSSR count). The van der Waals surface area contributed by atoms with E-state index in [2.05, 4.69) is 20.3 Å². The summed E-state index contributed by atoms with van der Waals surface area (Å²) >= 11 is 0. The Kier molecular flexibility index (Phi) is 4.76. The van der Waals surface area contributed by atoms with Crippen LogP contribution in [0, 0.1) is 0 Å². The third-order valence-corrected chi connectivity index (χ3v) is 4.81. The van der Waals surface area contributed by atoms with Crippen LogP contribution in [0.3, 0.4) is 0 Å². The van der Waals surface area contributed by atoms with Crippen molar-refractivity contribution in [2.75, 3.05) is 38.2 Å². The van der Waals surface area contributed by atoms with Crippen LogP contribution in [0.4, 0.5) is 5.95 Å². The Balaban J connectivity index is 1.78. The Morgan fingerprint density at radius 2 is 2.11 bits per heavy atom. The quantitative estimate of drug-likeness (QED) is 0.699. The minimum absolute atomic E-state index is 0.158. The van der Waals surface area contributed by atoms with E-state index in [4.69, 9.17) is 9.72 Å². The highest BCUT2D eigenvalue weighted by atomic mass is 16.5. The van der Waals surface area contributed by atoms with Crippen molar-refractivity contribution in [1.82, 2.24) is 29.6 Å². The van der Waals surface area contributed by atoms with E-state index < -0.39 is 0 Å². The van der Waals surface area contributed by atoms with Crippen LogP contribution < -0.4 is 20.5 Å². The van der Waals surface area contributed by atoms with Crippen LogP contribution in [0.1, 0.15) is 12.5 Å². The van der Waals surface area contributed by atoms with Crippen LogP contribution in [0.5, 0.6) is 5.88 Å². The standard InChI is InChI=1S/C18H23N7O2/c1-3-24-15-14(22-18(24)23-9-7-19-8-10-23)11-21-25(17(15)26)12-13-5-4-6-20-16(13)27-2/h4-6,11,19H,3,7-10,12H2,1-2H3. The number of fused-ring (bicyclic) bond motifs is 1. The number of rotatable bonds is 5. The van der Waals surface area contributed by atoms with Crippen LogP contribution in [-0.2, 0) is 13.1 Å². The molecule has 3 aromatic rings. The summed E-state index contributed by atoms with van der Waals surface area (Å²) in [7, 11) is 1.57. The molecule has 1 aliphatic heterocycles. The molecule has 4 heterocycles. The van der Waals surface area contributed by atoms with E-state index >= 15 is 0 Å². The maximum absolute atomic E-state index is 13.2. The normalized spacial score (nSPS) is 14.7. The molecule has 0 radical (unpaired) electrons. The lowest BCUT2D eigenvalue weighted by Crippen LogP contribution is -2.44. The van der Waals surface area contributed by atoms with Gasteiger partial charge in [-0.25, -0.2) is 14.6 Å². The molecule has 142 valence electrons. The Labute approximate surface area is 156 Å². The maximum atomic E-state index is 13.2. The molecule has 1 fully saturated rings. The lowest BCUT2D eigenvalue weighted by Gasteiger charge is -2.28. The summed E-state index contributed by atoms with van der Waals surface area (Å²) in [5.41, 5.74) is 1.86. The Bertz CT molecular complexity index is 1000. The third kappa shape index (κ3) is 3.14. The molecule has 27 heavy (non-hydrogen) atoms. The third-order valence-electron chi connectivity index (χ3n) is 4.81. The number of pyridine rings is 1. The summed E-state index contributed by atoms with van der Waals surface area (Å²) in [5.74, 6) is 1.33. The number of ether oxygens (including phenoxy) is 1. The van der Waals surface area contributed by atoms with Gasteiger partial charge in [-0.2, -0.15) is 5.10 Å². The van der Waals surface area contributed by atoms with Gasteiger partial charge in [0.15, 0.2) is 0 Å². The number of nitrogens with one attached hydrogen (secondary N) is 1. The van der Waals surface area contributed by atoms with Crippen LogP contribution in [0.15, 0.2) is 29.3 Å². The van der Waals surface area contributed by atoms with Gasteiger partial charge in [0, 0.05) is 44.5 Å². The first kappa shape index (κ1) is 17.5. The van der Waals surface area contributed by atoms with Crippen molar-refractivity contribution >= 4 is 17.0 Å². The number of methoxy groups -OCH3 is 1. The number of aryl methyl sites for hydroxylation is 1. The van der Waals surface area contributed by atoms with Gasteiger partial charge < -0.3 is 19.5 Å². The second-order valence-electron chi connectivity index (χ2n) is 6.41. The molecular weight excluding hydrogens is 346 g/mol. The van der Waals surface area contributed by atoms with Gasteiger partial charge in [-0.15, -0.1) is 0 Å². The van der Waals surface area contributed by atoms with E-state index in [0.29, 0.717) is 30.0 Å². The predicted molar refractivity (Wildman–Crippen MR) is 102 cm³/mol. The highest BCUT2D eigenvalue weighted by molar-refractivity contribution is 5.77. The number of nitrogens with zero attached hydrogens (tertiary/aromatic N) is 6. The average molecular weight is 369 g/mol. The topological polar surface area (TPSA) is 90.1 Å². The molecule has 1 N–H and O–H groups in total. The van der Waals surface area contributed by atoms with E-state index in [9.17, 15) is 4.79 Å². The number of aromatic nitrogens is 5. The SMILES string of the molecule is CCn1c(N2CCNCC2)nc2cnn(Cc3cccnc3OC)c(=O)c21. The molecule has 0 unspecified atom stereocenters. The molecule has 0 amide bonds. The second kappa shape index (κ2) is 7.36. The number of anilines is 1. The van der Waals surface area contributed by atoms with Crippen molar-refractivity contribution < 1.29 is 4.74 Å². The lowest BCUT2D eigenvalue weighted by atomic mass is 10.2. The van der Waals surface area contributed by atoms with E-state index in [0.717, 1.165) is 37.7 Å². The Morgan fingerprint density at radius 3 is 2.85 bits per heavy atom. The first-order valence-electron chi connectivity index (χ1n) is 9.12. The van der Waals surface area contributed by atoms with Crippen LogP contribution >= 0.6 is 0 Å². The number of hydrogen-bond acceptors (Lipinski definition) is 7. The van der Waals surface area contributed by atoms with Crippen molar-refractivity contribution in [1.29, 1.82) is 0 Å². The predicted octanol–water partition coefficient (Wildman–Crippen LogP) is 0.474. The zero-order valence-electron chi connectivity index (χ0n) is 15.6. The molecule has 0 aliphatic carbocycles. The van der Waals surface area contributed by atoms with Gasteiger partial charge in [0.1, 0.15) is 11.0 Å². The van der Waals surface area contributed by atoms with Crippen molar-refractivity contribution in [3.05, 3.63) is 40.4 Å². The van der Waals surface area contributed by atoms with Crippen molar-refractivity contribution in [3.8, 4) is 5.88 Å². The minimum atomic E-state index is -0.158. The Hall–Kier alpha value is -2.94. The van der Waals surface area contributed by atoms with Gasteiger partial charge in [-0.1, -0.05) is 6.07 Å². The summed E-state index contributed by atoms with van der Waals surface area (Å²) in [4.78, 5) is 24.3. The molecule has 0 spiro atoms. The summed E-state index contributed by atoms with van der Waals surface area (Å²) in [6.07, 6.45) is 3.32. The van der Waals surface area contributed by atoms with Gasteiger partial charge in [-0.3, -0.25) is 4.79 Å². The van der Waals surface area contributed by atoms with Gasteiger partial charge >= 0.3 is 0 Å². The molecule has 3 aromatic heterocycles. The summed E-state index contributed by atoms with van der Waals surface area (Å²) in [5, 5.41) is 7.66. The zero-order valence-corrected chi connectivity index (χ0v) is 15.6. The van der Waals surface area contributed by atoms with Crippen LogP contribution in [-0.4, -0.2) is 57.6 Å². The van der Waals surface area contributed by atoms with Crippen LogP contribution in [0.25, 0.3) is 11.0 Å². The molecule has 0 aromatic carbocycles. The molecule has 1 saturated heterocycles. The molecule has 1 aliphatic rings. The largest absolute Gasteiger partial charge is 0.481 e. The number of imidazole rings is 1. The maximum Gasteiger partial charge on any atom is 0.293 e. The van der Waals surface area contributed by atoms with E-state index in [1.165, 1.54) is 4.68 Å². The van der Waals surface area contributed by atoms with Crippen molar-refractivity contribution in [3.63, 3.8) is 0 Å². The van der Waals surface area contributed by atoms with Gasteiger partial charge in [-0.05, 0) is 13.0 Å². The molecule has 0 atom stereocenters. The van der Waals surface area contributed by atoms with Crippen LogP contribution in [0.2, 0.25) is 0 Å². The van der Waals surface area contributed by atoms with Gasteiger partial charge in [0.25, 0.3) is 5.56 Å². The monoisotopic (exact) mass is 369 g/mol. The van der Waals surface area contributed by atoms with Crippen molar-refractivity contribution in [2.24, 2.45) is 0 Å². The van der Waals surface area contributed by atoms with Gasteiger partial charge in [0.2, 0.25) is 11.8 Å².